The lowest BCUT2D eigenvalue weighted by Crippen LogP contribution is -2.38. The Morgan fingerprint density at radius 3 is 2.22 bits per heavy atom. The van der Waals surface area contributed by atoms with Gasteiger partial charge in [-0.1, -0.05) is 18.2 Å². The maximum Gasteiger partial charge on any atom is 0.416 e. The molecule has 2 aliphatic heterocycles. The third kappa shape index (κ3) is 5.52. The van der Waals surface area contributed by atoms with E-state index in [1.165, 1.54) is 12.1 Å². The van der Waals surface area contributed by atoms with Crippen molar-refractivity contribution in [2.24, 2.45) is 0 Å². The molecule has 0 radical (unpaired) electrons. The number of morpholine rings is 2. The molecule has 1 N–H and O–H groups in total. The summed E-state index contributed by atoms with van der Waals surface area (Å²) >= 11 is 0. The van der Waals surface area contributed by atoms with E-state index < -0.39 is 11.7 Å². The fourth-order valence-corrected chi connectivity index (χ4v) is 3.95. The van der Waals surface area contributed by atoms with E-state index in [1.54, 1.807) is 0 Å². The van der Waals surface area contributed by atoms with Gasteiger partial charge in [0.2, 0.25) is 5.91 Å². The van der Waals surface area contributed by atoms with Gasteiger partial charge in [-0.05, 0) is 29.8 Å². The quantitative estimate of drug-likeness (QED) is 0.757. The molecular weight excluding hydrogens is 423 g/mol. The van der Waals surface area contributed by atoms with Gasteiger partial charge in [0, 0.05) is 31.9 Å². The highest BCUT2D eigenvalue weighted by Crippen LogP contribution is 2.33. The number of halogens is 3. The first-order chi connectivity index (χ1) is 15.4. The molecule has 1 amide bonds. The summed E-state index contributed by atoms with van der Waals surface area (Å²) in [6.07, 6.45) is -4.58. The number of hydrogen-bond donors (Lipinski definition) is 1. The Hall–Kier alpha value is -2.78. The highest BCUT2D eigenvalue weighted by Gasteiger charge is 2.30. The summed E-state index contributed by atoms with van der Waals surface area (Å²) in [6.45, 7) is 5.52. The van der Waals surface area contributed by atoms with Crippen molar-refractivity contribution in [3.63, 3.8) is 0 Å². The van der Waals surface area contributed by atoms with Crippen molar-refractivity contribution < 1.29 is 27.4 Å². The molecule has 0 unspecified atom stereocenters. The highest BCUT2D eigenvalue weighted by atomic mass is 19.4. The van der Waals surface area contributed by atoms with Crippen molar-refractivity contribution in [2.45, 2.75) is 12.6 Å². The maximum absolute atomic E-state index is 13.0. The van der Waals surface area contributed by atoms with Gasteiger partial charge in [-0.3, -0.25) is 4.79 Å². The van der Waals surface area contributed by atoms with Crippen molar-refractivity contribution >= 4 is 23.0 Å². The number of rotatable bonds is 5. The smallest absolute Gasteiger partial charge is 0.378 e. The molecule has 0 aromatic heterocycles. The van der Waals surface area contributed by atoms with Crippen molar-refractivity contribution in [1.29, 1.82) is 0 Å². The van der Waals surface area contributed by atoms with E-state index in [4.69, 9.17) is 9.47 Å². The number of nitrogens with one attached hydrogen (secondary N) is 1. The lowest BCUT2D eigenvalue weighted by atomic mass is 10.1. The first kappa shape index (κ1) is 22.4. The van der Waals surface area contributed by atoms with Gasteiger partial charge in [-0.2, -0.15) is 13.2 Å². The van der Waals surface area contributed by atoms with Gasteiger partial charge in [0.1, 0.15) is 0 Å². The summed E-state index contributed by atoms with van der Waals surface area (Å²) in [5.74, 6) is -0.363. The molecule has 0 spiro atoms. The topological polar surface area (TPSA) is 54.0 Å². The molecule has 32 heavy (non-hydrogen) atoms. The average Bonchev–Trinajstić information content (AvgIpc) is 2.80. The molecule has 2 aliphatic rings. The predicted molar refractivity (Wildman–Crippen MR) is 116 cm³/mol. The van der Waals surface area contributed by atoms with Crippen LogP contribution in [0.2, 0.25) is 0 Å². The van der Waals surface area contributed by atoms with Gasteiger partial charge < -0.3 is 24.6 Å². The van der Waals surface area contributed by atoms with Gasteiger partial charge in [0.25, 0.3) is 0 Å². The van der Waals surface area contributed by atoms with Gasteiger partial charge in [-0.15, -0.1) is 0 Å². The van der Waals surface area contributed by atoms with Crippen molar-refractivity contribution in [3.8, 4) is 0 Å². The largest absolute Gasteiger partial charge is 0.416 e. The van der Waals surface area contributed by atoms with Crippen LogP contribution in [0.25, 0.3) is 0 Å². The normalized spacial score (nSPS) is 17.3. The predicted octanol–water partition coefficient (Wildman–Crippen LogP) is 3.56. The van der Waals surface area contributed by atoms with Crippen LogP contribution in [0.15, 0.2) is 42.5 Å². The number of benzene rings is 2. The second-order valence-electron chi connectivity index (χ2n) is 7.82. The van der Waals surface area contributed by atoms with Crippen LogP contribution in [0.4, 0.5) is 30.2 Å². The first-order valence-electron chi connectivity index (χ1n) is 10.7. The second-order valence-corrected chi connectivity index (χ2v) is 7.82. The number of nitrogens with zero attached hydrogens (tertiary/aromatic N) is 2. The van der Waals surface area contributed by atoms with E-state index in [-0.39, 0.29) is 12.3 Å². The Balaban J connectivity index is 1.53. The van der Waals surface area contributed by atoms with Gasteiger partial charge >= 0.3 is 6.18 Å². The second kappa shape index (κ2) is 9.79. The number of carbonyl (C=O) groups excluding carboxylic acids is 1. The van der Waals surface area contributed by atoms with Crippen LogP contribution in [0, 0.1) is 0 Å². The van der Waals surface area contributed by atoms with E-state index in [0.29, 0.717) is 50.8 Å². The van der Waals surface area contributed by atoms with Crippen LogP contribution in [-0.2, 0) is 26.9 Å². The van der Waals surface area contributed by atoms with E-state index >= 15 is 0 Å². The number of carbonyl (C=O) groups is 1. The van der Waals surface area contributed by atoms with E-state index in [2.05, 4.69) is 21.2 Å². The molecule has 2 heterocycles. The average molecular weight is 449 g/mol. The molecule has 2 aromatic rings. The molecule has 0 aliphatic carbocycles. The summed E-state index contributed by atoms with van der Waals surface area (Å²) in [7, 11) is 0. The number of hydrogen-bond acceptors (Lipinski definition) is 5. The summed E-state index contributed by atoms with van der Waals surface area (Å²) in [5, 5.41) is 2.90. The van der Waals surface area contributed by atoms with Crippen molar-refractivity contribution in [1.82, 2.24) is 0 Å². The number of amides is 1. The zero-order valence-electron chi connectivity index (χ0n) is 17.7. The molecular formula is C23H26F3N3O3. The SMILES string of the molecule is O=C(Cc1cccc(C(F)(F)F)c1)Nc1ccc(N2CCOCC2)cc1N1CCOCC1. The van der Waals surface area contributed by atoms with Crippen LogP contribution in [0.5, 0.6) is 0 Å². The van der Waals surface area contributed by atoms with Gasteiger partial charge in [0.05, 0.1) is 49.8 Å². The van der Waals surface area contributed by atoms with Crippen LogP contribution in [-0.4, -0.2) is 58.5 Å². The molecule has 2 aromatic carbocycles. The molecule has 172 valence electrons. The molecule has 9 heteroatoms. The molecule has 0 saturated carbocycles. The van der Waals surface area contributed by atoms with Gasteiger partial charge in [-0.25, -0.2) is 0 Å². The summed E-state index contributed by atoms with van der Waals surface area (Å²) in [5.41, 5.74) is 2.13. The Kier molecular flexibility index (Phi) is 6.86. The van der Waals surface area contributed by atoms with E-state index in [0.717, 1.165) is 36.6 Å². The first-order valence-corrected chi connectivity index (χ1v) is 10.7. The monoisotopic (exact) mass is 449 g/mol. The van der Waals surface area contributed by atoms with Crippen molar-refractivity contribution in [3.05, 3.63) is 53.6 Å². The van der Waals surface area contributed by atoms with E-state index in [9.17, 15) is 18.0 Å². The lowest BCUT2D eigenvalue weighted by molar-refractivity contribution is -0.137. The molecule has 4 rings (SSSR count). The lowest BCUT2D eigenvalue weighted by Gasteiger charge is -2.33. The minimum absolute atomic E-state index is 0.141. The maximum atomic E-state index is 13.0. The molecule has 2 fully saturated rings. The summed E-state index contributed by atoms with van der Waals surface area (Å²) in [6, 6.07) is 10.7. The number of anilines is 3. The van der Waals surface area contributed by atoms with E-state index in [1.807, 2.05) is 12.1 Å². The molecule has 0 atom stereocenters. The molecule has 6 nitrogen and oxygen atoms in total. The van der Waals surface area contributed by atoms with Crippen LogP contribution < -0.4 is 15.1 Å². The van der Waals surface area contributed by atoms with Gasteiger partial charge in [0.15, 0.2) is 0 Å². The zero-order chi connectivity index (χ0) is 22.6. The van der Waals surface area contributed by atoms with Crippen molar-refractivity contribution in [2.75, 3.05) is 67.7 Å². The van der Waals surface area contributed by atoms with Crippen LogP contribution in [0.1, 0.15) is 11.1 Å². The summed E-state index contributed by atoms with van der Waals surface area (Å²) < 4.78 is 49.8. The number of alkyl halides is 3. The third-order valence-corrected chi connectivity index (χ3v) is 5.60. The minimum atomic E-state index is -4.44. The molecule has 0 bridgehead atoms. The Labute approximate surface area is 184 Å². The number of ether oxygens (including phenoxy) is 2. The Morgan fingerprint density at radius 2 is 1.56 bits per heavy atom. The minimum Gasteiger partial charge on any atom is -0.378 e. The highest BCUT2D eigenvalue weighted by molar-refractivity contribution is 5.96. The third-order valence-electron chi connectivity index (χ3n) is 5.60. The standard InChI is InChI=1S/C23H26F3N3O3/c24-23(25,26)18-3-1-2-17(14-18)15-22(30)27-20-5-4-19(28-6-10-31-11-7-28)16-21(20)29-8-12-32-13-9-29/h1-5,14,16H,6-13,15H2,(H,27,30). The zero-order valence-corrected chi connectivity index (χ0v) is 17.7. The van der Waals surface area contributed by atoms with Crippen LogP contribution in [0.3, 0.4) is 0 Å². The summed E-state index contributed by atoms with van der Waals surface area (Å²) in [4.78, 5) is 17.1. The fraction of sp³-hybridized carbons (Fsp3) is 0.435. The Morgan fingerprint density at radius 1 is 0.906 bits per heavy atom. The molecule has 2 saturated heterocycles. The fourth-order valence-electron chi connectivity index (χ4n) is 3.95. The van der Waals surface area contributed by atoms with Crippen LogP contribution >= 0.6 is 0 Å². The Bertz CT molecular complexity index is 940.